The van der Waals surface area contributed by atoms with Gasteiger partial charge in [-0.25, -0.2) is 0 Å². The van der Waals surface area contributed by atoms with Gasteiger partial charge in [0.15, 0.2) is 8.32 Å². The Morgan fingerprint density at radius 1 is 0.968 bits per heavy atom. The number of ether oxygens (including phenoxy) is 1. The molecule has 2 saturated carbocycles. The molecule has 0 amide bonds. The van der Waals surface area contributed by atoms with Crippen molar-refractivity contribution in [1.82, 2.24) is 0 Å². The van der Waals surface area contributed by atoms with E-state index in [4.69, 9.17) is 13.6 Å². The van der Waals surface area contributed by atoms with E-state index in [0.717, 1.165) is 6.42 Å². The van der Waals surface area contributed by atoms with Crippen LogP contribution in [0.15, 0.2) is 11.8 Å². The highest BCUT2D eigenvalue weighted by atomic mass is 28.4. The van der Waals surface area contributed by atoms with Gasteiger partial charge in [0.05, 0.1) is 18.0 Å². The zero-order valence-electron chi connectivity index (χ0n) is 22.3. The Balaban J connectivity index is 1.67. The highest BCUT2D eigenvalue weighted by Gasteiger charge is 2.83. The number of epoxide rings is 1. The molecule has 1 spiro atoms. The lowest BCUT2D eigenvalue weighted by Crippen LogP contribution is -2.48. The first kappa shape index (κ1) is 24.0. The normalized spacial score (nSPS) is 40.9. The average Bonchev–Trinajstić information content (AvgIpc) is 3.08. The third-order valence-corrected chi connectivity index (χ3v) is 16.4. The molecule has 1 saturated heterocycles. The van der Waals surface area contributed by atoms with E-state index in [1.165, 1.54) is 12.2 Å². The van der Waals surface area contributed by atoms with Crippen molar-refractivity contribution in [2.24, 2.45) is 22.7 Å². The molecule has 3 fully saturated rings. The molecule has 0 radical (unpaired) electrons. The maximum absolute atomic E-state index is 7.20. The number of hydrogen-bond acceptors (Lipinski definition) is 3. The lowest BCUT2D eigenvalue weighted by atomic mass is 9.69. The van der Waals surface area contributed by atoms with Crippen LogP contribution in [0.2, 0.25) is 36.3 Å². The molecule has 3 nitrogen and oxygen atoms in total. The van der Waals surface area contributed by atoms with Gasteiger partial charge in [-0.1, -0.05) is 62.3 Å². The lowest BCUT2D eigenvalue weighted by molar-refractivity contribution is -0.0248. The van der Waals surface area contributed by atoms with Crippen LogP contribution in [0.5, 0.6) is 0 Å². The largest absolute Gasteiger partial charge is 0.546 e. The molecule has 0 aromatic carbocycles. The first-order valence-corrected chi connectivity index (χ1v) is 18.3. The molecule has 1 heterocycles. The average molecular weight is 465 g/mol. The fourth-order valence-corrected chi connectivity index (χ4v) is 14.9. The van der Waals surface area contributed by atoms with Crippen molar-refractivity contribution in [3.05, 3.63) is 11.8 Å². The molecule has 0 unspecified atom stereocenters. The van der Waals surface area contributed by atoms with Crippen LogP contribution in [0, 0.1) is 22.7 Å². The van der Waals surface area contributed by atoms with Crippen molar-refractivity contribution in [2.75, 3.05) is 0 Å². The molecule has 0 aromatic rings. The van der Waals surface area contributed by atoms with Gasteiger partial charge in [-0.2, -0.15) is 0 Å². The lowest BCUT2D eigenvalue weighted by Gasteiger charge is -2.45. The number of rotatable bonds is 7. The molecule has 0 bridgehead atoms. The second-order valence-electron chi connectivity index (χ2n) is 14.0. The van der Waals surface area contributed by atoms with Crippen molar-refractivity contribution in [3.8, 4) is 0 Å². The number of fused-ring (bicyclic) bond motifs is 3. The topological polar surface area (TPSA) is 31.0 Å². The quantitative estimate of drug-likeness (QED) is 0.288. The molecule has 4 rings (SSSR count). The Kier molecular flexibility index (Phi) is 5.39. The van der Waals surface area contributed by atoms with Gasteiger partial charge in [0, 0.05) is 11.8 Å². The SMILES string of the molecule is CC(C)[Si](OC1=C[C@]23O[C@H]2[C@H]2CC(C)(C)[C@H](O[Si](C)(C)C)[C@H]2[C@]3(C)C1)(C(C)C)C(C)C. The molecule has 1 aliphatic heterocycles. The van der Waals surface area contributed by atoms with Crippen LogP contribution >= 0.6 is 0 Å². The molecular formula is C26H48O3Si2. The first-order valence-electron chi connectivity index (χ1n) is 12.8. The molecule has 0 N–H and O–H groups in total. The van der Waals surface area contributed by atoms with Crippen LogP contribution in [-0.2, 0) is 13.6 Å². The molecule has 0 aromatic heterocycles. The fraction of sp³-hybridized carbons (Fsp3) is 0.923. The summed E-state index contributed by atoms with van der Waals surface area (Å²) in [5.74, 6) is 2.43. The summed E-state index contributed by atoms with van der Waals surface area (Å²) in [4.78, 5) is 0. The van der Waals surface area contributed by atoms with Crippen molar-refractivity contribution in [3.63, 3.8) is 0 Å². The van der Waals surface area contributed by atoms with Crippen molar-refractivity contribution in [1.29, 1.82) is 0 Å². The minimum atomic E-state index is -1.95. The van der Waals surface area contributed by atoms with E-state index in [0.29, 0.717) is 40.7 Å². The zero-order chi connectivity index (χ0) is 23.4. The fourth-order valence-electron chi connectivity index (χ4n) is 8.41. The predicted octanol–water partition coefficient (Wildman–Crippen LogP) is 7.51. The van der Waals surface area contributed by atoms with Gasteiger partial charge in [0.2, 0.25) is 0 Å². The standard InChI is InChI=1S/C26H48O3Si2/c1-16(2)31(17(3)4,18(5)6)28-19-13-25(9)21-20(22-26(25,14-19)27-22)15-24(7,8)23(21)29-30(10,11)12/h14,16-18,20-23H,13,15H2,1-12H3/t20-,21-,22-,23+,25-,26-/m0/s1. The van der Waals surface area contributed by atoms with E-state index in [1.807, 2.05) is 0 Å². The summed E-state index contributed by atoms with van der Waals surface area (Å²) in [6.07, 6.45) is 5.39. The van der Waals surface area contributed by atoms with Crippen molar-refractivity contribution >= 4 is 16.6 Å². The summed E-state index contributed by atoms with van der Waals surface area (Å²) < 4.78 is 20.7. The first-order chi connectivity index (χ1) is 14.0. The van der Waals surface area contributed by atoms with Gasteiger partial charge in [-0.05, 0) is 66.0 Å². The smallest absolute Gasteiger partial charge is 0.258 e. The summed E-state index contributed by atoms with van der Waals surface area (Å²) in [5, 5.41) is 0. The van der Waals surface area contributed by atoms with Gasteiger partial charge < -0.3 is 13.6 Å². The summed E-state index contributed by atoms with van der Waals surface area (Å²) in [6.45, 7) is 28.7. The Bertz CT molecular complexity index is 743. The van der Waals surface area contributed by atoms with E-state index in [-0.39, 0.29) is 16.4 Å². The number of allylic oxidation sites excluding steroid dienone is 1. The summed E-state index contributed by atoms with van der Waals surface area (Å²) >= 11 is 0. The van der Waals surface area contributed by atoms with Gasteiger partial charge >= 0.3 is 0 Å². The molecule has 3 aliphatic carbocycles. The second kappa shape index (κ2) is 6.96. The summed E-state index contributed by atoms with van der Waals surface area (Å²) in [7, 11) is -3.59. The molecule has 6 atom stereocenters. The van der Waals surface area contributed by atoms with Crippen LogP contribution < -0.4 is 0 Å². The van der Waals surface area contributed by atoms with Crippen LogP contribution in [0.25, 0.3) is 0 Å². The van der Waals surface area contributed by atoms with Crippen LogP contribution in [-0.4, -0.2) is 34.4 Å². The Labute approximate surface area is 193 Å². The Morgan fingerprint density at radius 3 is 2.00 bits per heavy atom. The van der Waals surface area contributed by atoms with E-state index in [1.54, 1.807) is 0 Å². The van der Waals surface area contributed by atoms with Gasteiger partial charge in [0.25, 0.3) is 8.32 Å². The molecule has 178 valence electrons. The molecule has 5 heteroatoms. The Hall–Kier alpha value is -0.106. The second-order valence-corrected chi connectivity index (χ2v) is 23.8. The van der Waals surface area contributed by atoms with Crippen LogP contribution in [0.4, 0.5) is 0 Å². The van der Waals surface area contributed by atoms with E-state index in [2.05, 4.69) is 88.0 Å². The Morgan fingerprint density at radius 2 is 1.52 bits per heavy atom. The predicted molar refractivity (Wildman–Crippen MR) is 134 cm³/mol. The van der Waals surface area contributed by atoms with Crippen LogP contribution in [0.3, 0.4) is 0 Å². The maximum Gasteiger partial charge on any atom is 0.258 e. The van der Waals surface area contributed by atoms with Gasteiger partial charge in [0.1, 0.15) is 5.60 Å². The monoisotopic (exact) mass is 464 g/mol. The molecule has 4 aliphatic rings. The molecular weight excluding hydrogens is 416 g/mol. The molecule has 31 heavy (non-hydrogen) atoms. The van der Waals surface area contributed by atoms with Crippen molar-refractivity contribution < 1.29 is 13.6 Å². The van der Waals surface area contributed by atoms with Crippen LogP contribution in [0.1, 0.15) is 75.2 Å². The third-order valence-electron chi connectivity index (χ3n) is 9.44. The highest BCUT2D eigenvalue weighted by Crippen LogP contribution is 2.77. The summed E-state index contributed by atoms with van der Waals surface area (Å²) in [6, 6.07) is 0. The summed E-state index contributed by atoms with van der Waals surface area (Å²) in [5.41, 5.74) is 2.00. The highest BCUT2D eigenvalue weighted by molar-refractivity contribution is 6.77. The minimum Gasteiger partial charge on any atom is -0.546 e. The van der Waals surface area contributed by atoms with Crippen molar-refractivity contribution in [2.45, 2.75) is 129 Å². The van der Waals surface area contributed by atoms with E-state index >= 15 is 0 Å². The van der Waals surface area contributed by atoms with E-state index in [9.17, 15) is 0 Å². The van der Waals surface area contributed by atoms with E-state index < -0.39 is 16.6 Å². The minimum absolute atomic E-state index is 0.0969. The number of hydrogen-bond donors (Lipinski definition) is 0. The maximum atomic E-state index is 7.20. The van der Waals surface area contributed by atoms with Gasteiger partial charge in [-0.3, -0.25) is 0 Å². The third kappa shape index (κ3) is 3.23. The zero-order valence-corrected chi connectivity index (χ0v) is 24.3. The van der Waals surface area contributed by atoms with Gasteiger partial charge in [-0.15, -0.1) is 0 Å².